The summed E-state index contributed by atoms with van der Waals surface area (Å²) in [5.41, 5.74) is 2.33. The molecule has 0 unspecified atom stereocenters. The fourth-order valence-corrected chi connectivity index (χ4v) is 2.84. The first-order valence-electron chi connectivity index (χ1n) is 5.90. The fourth-order valence-electron chi connectivity index (χ4n) is 1.87. The first-order chi connectivity index (χ1) is 8.83. The smallest absolute Gasteiger partial charge is 0.183 e. The Bertz CT molecular complexity index is 642. The lowest BCUT2D eigenvalue weighted by molar-refractivity contribution is 0.638. The van der Waals surface area contributed by atoms with Crippen LogP contribution in [0.15, 0.2) is 36.7 Å². The predicted octanol–water partition coefficient (Wildman–Crippen LogP) is 2.91. The van der Waals surface area contributed by atoms with Gasteiger partial charge in [0.25, 0.3) is 0 Å². The van der Waals surface area contributed by atoms with Crippen molar-refractivity contribution in [1.29, 1.82) is 0 Å². The van der Waals surface area contributed by atoms with Gasteiger partial charge in [-0.1, -0.05) is 23.5 Å². The highest BCUT2D eigenvalue weighted by Crippen LogP contribution is 2.27. The van der Waals surface area contributed by atoms with Crippen LogP contribution in [0.4, 0.5) is 5.13 Å². The highest BCUT2D eigenvalue weighted by molar-refractivity contribution is 7.22. The van der Waals surface area contributed by atoms with E-state index in [1.54, 1.807) is 17.5 Å². The number of fused-ring (bicyclic) bond motifs is 1. The van der Waals surface area contributed by atoms with Crippen molar-refractivity contribution >= 4 is 26.7 Å². The van der Waals surface area contributed by atoms with E-state index in [1.165, 1.54) is 10.3 Å². The quantitative estimate of drug-likeness (QED) is 0.782. The maximum atomic E-state index is 4.61. The molecule has 0 saturated carbocycles. The first kappa shape index (κ1) is 11.2. The van der Waals surface area contributed by atoms with E-state index in [4.69, 9.17) is 0 Å². The Morgan fingerprint density at radius 2 is 2.28 bits per heavy atom. The van der Waals surface area contributed by atoms with Crippen LogP contribution in [0, 0.1) is 6.92 Å². The molecule has 18 heavy (non-hydrogen) atoms. The van der Waals surface area contributed by atoms with Gasteiger partial charge in [0, 0.05) is 18.9 Å². The van der Waals surface area contributed by atoms with E-state index in [2.05, 4.69) is 40.5 Å². The second kappa shape index (κ2) is 4.78. The van der Waals surface area contributed by atoms with E-state index < -0.39 is 0 Å². The zero-order chi connectivity index (χ0) is 12.4. The molecule has 0 bridgehead atoms. The van der Waals surface area contributed by atoms with Gasteiger partial charge in [-0.3, -0.25) is 4.68 Å². The topological polar surface area (TPSA) is 42.7 Å². The van der Waals surface area contributed by atoms with Gasteiger partial charge in [0.15, 0.2) is 5.13 Å². The summed E-state index contributed by atoms with van der Waals surface area (Å²) in [6, 6.07) is 8.21. The lowest BCUT2D eigenvalue weighted by atomic mass is 10.2. The largest absolute Gasteiger partial charge is 0.360 e. The van der Waals surface area contributed by atoms with Crippen LogP contribution in [0.2, 0.25) is 0 Å². The molecule has 3 rings (SSSR count). The number of hydrogen-bond donors (Lipinski definition) is 1. The van der Waals surface area contributed by atoms with Gasteiger partial charge in [-0.2, -0.15) is 5.10 Å². The molecule has 1 aromatic carbocycles. The Morgan fingerprint density at radius 3 is 3.06 bits per heavy atom. The van der Waals surface area contributed by atoms with Gasteiger partial charge in [0.1, 0.15) is 0 Å². The van der Waals surface area contributed by atoms with Crippen LogP contribution in [0.5, 0.6) is 0 Å². The van der Waals surface area contributed by atoms with Crippen molar-refractivity contribution in [2.45, 2.75) is 13.5 Å². The molecular weight excluding hydrogens is 244 g/mol. The molecule has 0 aliphatic rings. The number of rotatable bonds is 4. The normalized spacial score (nSPS) is 10.9. The molecule has 0 fully saturated rings. The molecule has 3 aromatic rings. The second-order valence-electron chi connectivity index (χ2n) is 4.14. The third kappa shape index (κ3) is 2.22. The highest BCUT2D eigenvalue weighted by atomic mass is 32.1. The lowest BCUT2D eigenvalue weighted by Crippen LogP contribution is -2.10. The molecule has 2 heterocycles. The van der Waals surface area contributed by atoms with Crippen molar-refractivity contribution in [2.75, 3.05) is 11.9 Å². The molecule has 0 radical (unpaired) electrons. The molecule has 0 atom stereocenters. The molecule has 2 aromatic heterocycles. The zero-order valence-corrected chi connectivity index (χ0v) is 10.9. The summed E-state index contributed by atoms with van der Waals surface area (Å²) in [6.45, 7) is 3.78. The van der Waals surface area contributed by atoms with Gasteiger partial charge in [-0.05, 0) is 24.6 Å². The van der Waals surface area contributed by atoms with E-state index in [0.717, 1.165) is 23.7 Å². The average Bonchev–Trinajstić information content (AvgIpc) is 2.98. The van der Waals surface area contributed by atoms with Gasteiger partial charge in [-0.25, -0.2) is 4.98 Å². The average molecular weight is 258 g/mol. The Balaban J connectivity index is 1.69. The Hall–Kier alpha value is -1.88. The molecule has 0 spiro atoms. The molecule has 5 heteroatoms. The van der Waals surface area contributed by atoms with Crippen molar-refractivity contribution < 1.29 is 0 Å². The number of hydrogen-bond acceptors (Lipinski definition) is 4. The fraction of sp³-hybridized carbons (Fsp3) is 0.231. The van der Waals surface area contributed by atoms with Crippen LogP contribution in [-0.4, -0.2) is 21.3 Å². The van der Waals surface area contributed by atoms with Crippen LogP contribution >= 0.6 is 11.3 Å². The third-order valence-electron chi connectivity index (χ3n) is 2.80. The number of aryl methyl sites for hydroxylation is 1. The maximum Gasteiger partial charge on any atom is 0.183 e. The number of benzene rings is 1. The molecule has 1 N–H and O–H groups in total. The summed E-state index contributed by atoms with van der Waals surface area (Å²) in [6.07, 6.45) is 3.76. The van der Waals surface area contributed by atoms with E-state index >= 15 is 0 Å². The Kier molecular flexibility index (Phi) is 2.98. The van der Waals surface area contributed by atoms with Crippen LogP contribution in [-0.2, 0) is 6.54 Å². The van der Waals surface area contributed by atoms with Gasteiger partial charge >= 0.3 is 0 Å². The van der Waals surface area contributed by atoms with Crippen molar-refractivity contribution in [3.8, 4) is 0 Å². The minimum Gasteiger partial charge on any atom is -0.360 e. The molecular formula is C13H14N4S. The van der Waals surface area contributed by atoms with Gasteiger partial charge in [0.2, 0.25) is 0 Å². The standard InChI is InChI=1S/C13H14N4S/c1-10-4-2-5-11-12(10)16-13(18-11)14-7-9-17-8-3-6-15-17/h2-6,8H,7,9H2,1H3,(H,14,16). The van der Waals surface area contributed by atoms with E-state index in [-0.39, 0.29) is 0 Å². The van der Waals surface area contributed by atoms with Gasteiger partial charge in [-0.15, -0.1) is 0 Å². The number of aromatic nitrogens is 3. The highest BCUT2D eigenvalue weighted by Gasteiger charge is 2.04. The molecule has 4 nitrogen and oxygen atoms in total. The minimum atomic E-state index is 0.834. The van der Waals surface area contributed by atoms with E-state index in [1.807, 2.05) is 16.9 Å². The summed E-state index contributed by atoms with van der Waals surface area (Å²) in [4.78, 5) is 4.61. The number of thiazole rings is 1. The van der Waals surface area contributed by atoms with E-state index in [0.29, 0.717) is 0 Å². The maximum absolute atomic E-state index is 4.61. The summed E-state index contributed by atoms with van der Waals surface area (Å²) >= 11 is 1.70. The minimum absolute atomic E-state index is 0.834. The monoisotopic (exact) mass is 258 g/mol. The lowest BCUT2D eigenvalue weighted by Gasteiger charge is -2.02. The van der Waals surface area contributed by atoms with Crippen LogP contribution in [0.3, 0.4) is 0 Å². The molecule has 92 valence electrons. The van der Waals surface area contributed by atoms with Crippen molar-refractivity contribution in [3.63, 3.8) is 0 Å². The van der Waals surface area contributed by atoms with Gasteiger partial charge < -0.3 is 5.32 Å². The molecule has 0 amide bonds. The third-order valence-corrected chi connectivity index (χ3v) is 3.78. The Morgan fingerprint density at radius 1 is 1.33 bits per heavy atom. The van der Waals surface area contributed by atoms with Crippen LogP contribution < -0.4 is 5.32 Å². The summed E-state index contributed by atoms with van der Waals surface area (Å²) in [5, 5.41) is 8.49. The van der Waals surface area contributed by atoms with Crippen molar-refractivity contribution in [2.24, 2.45) is 0 Å². The van der Waals surface area contributed by atoms with E-state index in [9.17, 15) is 0 Å². The number of nitrogens with zero attached hydrogens (tertiary/aromatic N) is 3. The van der Waals surface area contributed by atoms with Crippen LogP contribution in [0.25, 0.3) is 10.2 Å². The van der Waals surface area contributed by atoms with Gasteiger partial charge in [0.05, 0.1) is 16.8 Å². The van der Waals surface area contributed by atoms with Crippen molar-refractivity contribution in [1.82, 2.24) is 14.8 Å². The van der Waals surface area contributed by atoms with Crippen LogP contribution in [0.1, 0.15) is 5.56 Å². The number of para-hydroxylation sites is 1. The number of anilines is 1. The Labute approximate surface area is 109 Å². The number of nitrogens with one attached hydrogen (secondary N) is 1. The predicted molar refractivity (Wildman–Crippen MR) is 75.1 cm³/mol. The molecule has 0 aliphatic heterocycles. The summed E-state index contributed by atoms with van der Waals surface area (Å²) < 4.78 is 3.14. The SMILES string of the molecule is Cc1cccc2sc(NCCn3cccn3)nc12. The summed E-state index contributed by atoms with van der Waals surface area (Å²) in [5.74, 6) is 0. The summed E-state index contributed by atoms with van der Waals surface area (Å²) in [7, 11) is 0. The zero-order valence-electron chi connectivity index (χ0n) is 10.1. The molecule has 0 saturated heterocycles. The van der Waals surface area contributed by atoms with Crippen molar-refractivity contribution in [3.05, 3.63) is 42.2 Å². The second-order valence-corrected chi connectivity index (χ2v) is 5.17. The first-order valence-corrected chi connectivity index (χ1v) is 6.72. The molecule has 0 aliphatic carbocycles.